The lowest BCUT2D eigenvalue weighted by Gasteiger charge is -2.23. The molecule has 1 aliphatic carbocycles. The Bertz CT molecular complexity index is 1030. The van der Waals surface area contributed by atoms with Crippen LogP contribution in [0.4, 0.5) is 18.9 Å². The second-order valence-corrected chi connectivity index (χ2v) is 8.71. The Labute approximate surface area is 195 Å². The van der Waals surface area contributed by atoms with Crippen LogP contribution in [0.15, 0.2) is 11.6 Å². The van der Waals surface area contributed by atoms with Crippen molar-refractivity contribution in [1.82, 2.24) is 0 Å². The summed E-state index contributed by atoms with van der Waals surface area (Å²) < 4.78 is 49.8. The minimum atomic E-state index is -5.16. The van der Waals surface area contributed by atoms with E-state index < -0.39 is 29.9 Å². The van der Waals surface area contributed by atoms with E-state index in [0.717, 1.165) is 24.8 Å². The summed E-state index contributed by atoms with van der Waals surface area (Å²) in [5, 5.41) is 11.4. The number of esters is 1. The van der Waals surface area contributed by atoms with Crippen LogP contribution in [0.25, 0.3) is 0 Å². The molecule has 1 saturated carbocycles. The Morgan fingerprint density at radius 1 is 1.29 bits per heavy atom. The van der Waals surface area contributed by atoms with Gasteiger partial charge in [0.25, 0.3) is 0 Å². The molecule has 0 spiro atoms. The first-order valence-corrected chi connectivity index (χ1v) is 11.2. The summed E-state index contributed by atoms with van der Waals surface area (Å²) in [7, 11) is 1.36. The van der Waals surface area contributed by atoms with Crippen LogP contribution >= 0.6 is 0 Å². The summed E-state index contributed by atoms with van der Waals surface area (Å²) in [5.41, 5.74) is 1.63. The molecule has 0 saturated heterocycles. The zero-order chi connectivity index (χ0) is 25.2. The molecule has 1 aromatic rings. The lowest BCUT2D eigenvalue weighted by atomic mass is 9.82. The standard InChI is InChI=1S/C24H28F3NO6/c1-12-17-11-34-22(31)18(17)19(28-23(32)24(25,26)27)16(20(12)33-3)10-9-14-7-5-4-6-8-15(14)13(2)21(29)30/h9,13,15H,4-8,10-11H2,1-3H3,(H,28,32)(H,29,30)/b14-9+. The Balaban J connectivity index is 2.13. The summed E-state index contributed by atoms with van der Waals surface area (Å²) in [6.07, 6.45) is 0.786. The zero-order valence-electron chi connectivity index (χ0n) is 19.3. The maximum atomic E-state index is 13.1. The van der Waals surface area contributed by atoms with Crippen molar-refractivity contribution in [3.8, 4) is 5.75 Å². The van der Waals surface area contributed by atoms with Crippen LogP contribution in [0, 0.1) is 18.8 Å². The van der Waals surface area contributed by atoms with Gasteiger partial charge in [-0.2, -0.15) is 13.2 Å². The van der Waals surface area contributed by atoms with E-state index in [2.05, 4.69) is 0 Å². The Morgan fingerprint density at radius 2 is 2.00 bits per heavy atom. The van der Waals surface area contributed by atoms with Crippen LogP contribution in [0.1, 0.15) is 66.1 Å². The fraction of sp³-hybridized carbons (Fsp3) is 0.542. The summed E-state index contributed by atoms with van der Waals surface area (Å²) in [6, 6.07) is 0. The fourth-order valence-corrected chi connectivity index (χ4v) is 4.85. The van der Waals surface area contributed by atoms with Gasteiger partial charge in [-0.1, -0.05) is 31.4 Å². The maximum absolute atomic E-state index is 13.1. The van der Waals surface area contributed by atoms with Gasteiger partial charge in [-0.05, 0) is 44.1 Å². The number of methoxy groups -OCH3 is 1. The number of alkyl halides is 3. The topological polar surface area (TPSA) is 102 Å². The molecule has 2 N–H and O–H groups in total. The van der Waals surface area contributed by atoms with E-state index in [0.29, 0.717) is 24.0 Å². The number of nitrogens with one attached hydrogen (secondary N) is 1. The first-order valence-electron chi connectivity index (χ1n) is 11.2. The van der Waals surface area contributed by atoms with Gasteiger partial charge in [0.05, 0.1) is 24.3 Å². The molecule has 0 aromatic heterocycles. The predicted octanol–water partition coefficient (Wildman–Crippen LogP) is 4.94. The number of allylic oxidation sites excluding steroid dienone is 2. The average Bonchev–Trinajstić information content (AvgIpc) is 3.00. The van der Waals surface area contributed by atoms with Gasteiger partial charge in [0.2, 0.25) is 0 Å². The van der Waals surface area contributed by atoms with E-state index in [4.69, 9.17) is 9.47 Å². The van der Waals surface area contributed by atoms with Crippen LogP contribution < -0.4 is 10.1 Å². The van der Waals surface area contributed by atoms with Crippen LogP contribution in [-0.4, -0.2) is 36.2 Å². The molecular formula is C24H28F3NO6. The van der Waals surface area contributed by atoms with Gasteiger partial charge in [0, 0.05) is 11.1 Å². The predicted molar refractivity (Wildman–Crippen MR) is 117 cm³/mol. The number of ether oxygens (including phenoxy) is 2. The molecule has 1 aromatic carbocycles. The van der Waals surface area contributed by atoms with E-state index in [1.54, 1.807) is 13.8 Å². The SMILES string of the molecule is COc1c(C)c2c(c(NC(=O)C(F)(F)F)c1C/C=C1\CCCCCC1C(C)C(=O)O)C(=O)OC2. The largest absolute Gasteiger partial charge is 0.496 e. The molecule has 0 radical (unpaired) electrons. The fourth-order valence-electron chi connectivity index (χ4n) is 4.85. The first kappa shape index (κ1) is 25.6. The molecular weight excluding hydrogens is 455 g/mol. The molecule has 1 heterocycles. The van der Waals surface area contributed by atoms with Crippen molar-refractivity contribution < 1.29 is 42.1 Å². The number of rotatable bonds is 6. The van der Waals surface area contributed by atoms with Crippen LogP contribution in [0.2, 0.25) is 0 Å². The average molecular weight is 483 g/mol. The molecule has 2 aliphatic rings. The minimum absolute atomic E-state index is 0.0518. The van der Waals surface area contributed by atoms with E-state index >= 15 is 0 Å². The summed E-state index contributed by atoms with van der Waals surface area (Å²) in [4.78, 5) is 35.9. The number of carbonyl (C=O) groups excluding carboxylic acids is 2. The number of carboxylic acids is 1. The number of amides is 1. The molecule has 2 atom stereocenters. The van der Waals surface area contributed by atoms with Crippen molar-refractivity contribution in [3.05, 3.63) is 33.9 Å². The monoisotopic (exact) mass is 483 g/mol. The molecule has 1 aliphatic heterocycles. The summed E-state index contributed by atoms with van der Waals surface area (Å²) >= 11 is 0. The number of hydrogen-bond acceptors (Lipinski definition) is 5. The van der Waals surface area contributed by atoms with Crippen LogP contribution in [0.5, 0.6) is 5.75 Å². The number of aliphatic carboxylic acids is 1. The zero-order valence-corrected chi connectivity index (χ0v) is 19.3. The number of carboxylic acid groups (broad SMARTS) is 1. The van der Waals surface area contributed by atoms with Gasteiger partial charge < -0.3 is 19.9 Å². The van der Waals surface area contributed by atoms with Gasteiger partial charge in [0.1, 0.15) is 12.4 Å². The number of halogens is 3. The van der Waals surface area contributed by atoms with Gasteiger partial charge in [-0.3, -0.25) is 9.59 Å². The smallest absolute Gasteiger partial charge is 0.471 e. The van der Waals surface area contributed by atoms with E-state index in [1.165, 1.54) is 7.11 Å². The number of cyclic esters (lactones) is 1. The highest BCUT2D eigenvalue weighted by Gasteiger charge is 2.41. The van der Waals surface area contributed by atoms with Crippen molar-refractivity contribution in [2.24, 2.45) is 11.8 Å². The lowest BCUT2D eigenvalue weighted by molar-refractivity contribution is -0.167. The third-order valence-corrected chi connectivity index (χ3v) is 6.69. The highest BCUT2D eigenvalue weighted by atomic mass is 19.4. The maximum Gasteiger partial charge on any atom is 0.471 e. The number of anilines is 1. The Kier molecular flexibility index (Phi) is 7.57. The second-order valence-electron chi connectivity index (χ2n) is 8.71. The molecule has 0 bridgehead atoms. The van der Waals surface area contributed by atoms with Gasteiger partial charge >= 0.3 is 24.0 Å². The van der Waals surface area contributed by atoms with Crippen molar-refractivity contribution in [2.75, 3.05) is 12.4 Å². The summed E-state index contributed by atoms with van der Waals surface area (Å²) in [5.74, 6) is -4.51. The number of fused-ring (bicyclic) bond motifs is 1. The Hall–Kier alpha value is -3.04. The van der Waals surface area contributed by atoms with E-state index in [1.807, 2.05) is 11.4 Å². The second kappa shape index (κ2) is 10.1. The van der Waals surface area contributed by atoms with Gasteiger partial charge in [0.15, 0.2) is 0 Å². The van der Waals surface area contributed by atoms with Crippen molar-refractivity contribution in [2.45, 2.75) is 65.2 Å². The third kappa shape index (κ3) is 5.05. The molecule has 1 fully saturated rings. The number of carbonyl (C=O) groups is 3. The normalized spacial score (nSPS) is 20.4. The highest BCUT2D eigenvalue weighted by molar-refractivity contribution is 6.07. The molecule has 7 nitrogen and oxygen atoms in total. The number of hydrogen-bond donors (Lipinski definition) is 2. The molecule has 186 valence electrons. The lowest BCUT2D eigenvalue weighted by Crippen LogP contribution is -2.31. The van der Waals surface area contributed by atoms with Crippen molar-refractivity contribution in [1.29, 1.82) is 0 Å². The Morgan fingerprint density at radius 3 is 2.62 bits per heavy atom. The summed E-state index contributed by atoms with van der Waals surface area (Å²) in [6.45, 7) is 3.19. The van der Waals surface area contributed by atoms with Crippen molar-refractivity contribution in [3.63, 3.8) is 0 Å². The van der Waals surface area contributed by atoms with E-state index in [-0.39, 0.29) is 41.5 Å². The van der Waals surface area contributed by atoms with E-state index in [9.17, 15) is 32.7 Å². The number of benzene rings is 1. The molecule has 34 heavy (non-hydrogen) atoms. The van der Waals surface area contributed by atoms with Crippen molar-refractivity contribution >= 4 is 23.5 Å². The molecule has 3 rings (SSSR count). The molecule has 1 amide bonds. The van der Waals surface area contributed by atoms with Gasteiger partial charge in [-0.15, -0.1) is 0 Å². The molecule has 2 unspecified atom stereocenters. The van der Waals surface area contributed by atoms with Gasteiger partial charge in [-0.25, -0.2) is 4.79 Å². The quantitative estimate of drug-likeness (QED) is 0.338. The molecule has 10 heteroatoms. The first-order chi connectivity index (χ1) is 16.0. The van der Waals surface area contributed by atoms with Crippen LogP contribution in [0.3, 0.4) is 0 Å². The minimum Gasteiger partial charge on any atom is -0.496 e. The van der Waals surface area contributed by atoms with Crippen LogP contribution in [-0.2, 0) is 27.4 Å². The highest BCUT2D eigenvalue weighted by Crippen LogP contribution is 2.42. The third-order valence-electron chi connectivity index (χ3n) is 6.69.